The van der Waals surface area contributed by atoms with Gasteiger partial charge in [-0.05, 0) is 38.1 Å². The van der Waals surface area contributed by atoms with Gasteiger partial charge < -0.3 is 10.2 Å². The number of pyridine rings is 1. The largest absolute Gasteiger partial charge is 0.380 e. The third-order valence-corrected chi connectivity index (χ3v) is 4.95. The SMILES string of the molecule is Cc1cc(NCc2ccc(CN3CCN(C)CC3)cc2)c(C#N)c(C)n1. The fraction of sp³-hybridized carbons (Fsp3) is 0.429. The van der Waals surface area contributed by atoms with Crippen LogP contribution in [0.3, 0.4) is 0 Å². The van der Waals surface area contributed by atoms with Gasteiger partial charge in [0.15, 0.2) is 0 Å². The van der Waals surface area contributed by atoms with E-state index < -0.39 is 0 Å². The van der Waals surface area contributed by atoms with E-state index in [1.54, 1.807) is 0 Å². The first-order chi connectivity index (χ1) is 12.5. The molecule has 0 radical (unpaired) electrons. The van der Waals surface area contributed by atoms with Gasteiger partial charge in [0.05, 0.1) is 16.9 Å². The maximum Gasteiger partial charge on any atom is 0.103 e. The number of hydrogen-bond donors (Lipinski definition) is 1. The van der Waals surface area contributed by atoms with E-state index in [-0.39, 0.29) is 0 Å². The van der Waals surface area contributed by atoms with Crippen molar-refractivity contribution in [3.63, 3.8) is 0 Å². The van der Waals surface area contributed by atoms with E-state index in [0.717, 1.165) is 49.8 Å². The molecule has 2 heterocycles. The molecule has 1 N–H and O–H groups in total. The van der Waals surface area contributed by atoms with E-state index >= 15 is 0 Å². The summed E-state index contributed by atoms with van der Waals surface area (Å²) < 4.78 is 0. The predicted molar refractivity (Wildman–Crippen MR) is 105 cm³/mol. The van der Waals surface area contributed by atoms with E-state index in [1.807, 2.05) is 19.9 Å². The maximum atomic E-state index is 9.36. The van der Waals surface area contributed by atoms with E-state index in [9.17, 15) is 5.26 Å². The Balaban J connectivity index is 1.59. The molecule has 0 amide bonds. The molecule has 3 rings (SSSR count). The van der Waals surface area contributed by atoms with Crippen LogP contribution in [0.15, 0.2) is 30.3 Å². The Morgan fingerprint density at radius 3 is 2.38 bits per heavy atom. The number of rotatable bonds is 5. The van der Waals surface area contributed by atoms with Crippen LogP contribution in [0.25, 0.3) is 0 Å². The van der Waals surface area contributed by atoms with Gasteiger partial charge in [-0.1, -0.05) is 24.3 Å². The van der Waals surface area contributed by atoms with E-state index in [4.69, 9.17) is 0 Å². The molecule has 0 aliphatic carbocycles. The van der Waals surface area contributed by atoms with Crippen molar-refractivity contribution in [1.82, 2.24) is 14.8 Å². The van der Waals surface area contributed by atoms with Crippen molar-refractivity contribution in [3.8, 4) is 6.07 Å². The first-order valence-corrected chi connectivity index (χ1v) is 9.16. The van der Waals surface area contributed by atoms with Crippen LogP contribution in [0.5, 0.6) is 0 Å². The number of piperazine rings is 1. The number of nitrogens with one attached hydrogen (secondary N) is 1. The van der Waals surface area contributed by atoms with Crippen molar-refractivity contribution in [3.05, 3.63) is 58.4 Å². The second kappa shape index (κ2) is 8.31. The molecule has 0 spiro atoms. The summed E-state index contributed by atoms with van der Waals surface area (Å²) in [4.78, 5) is 9.25. The van der Waals surface area contributed by atoms with E-state index in [0.29, 0.717) is 12.1 Å². The van der Waals surface area contributed by atoms with Crippen molar-refractivity contribution in [2.24, 2.45) is 0 Å². The van der Waals surface area contributed by atoms with Gasteiger partial charge >= 0.3 is 0 Å². The lowest BCUT2D eigenvalue weighted by Gasteiger charge is -2.32. The summed E-state index contributed by atoms with van der Waals surface area (Å²) in [5, 5.41) is 12.7. The zero-order valence-corrected chi connectivity index (χ0v) is 15.9. The van der Waals surface area contributed by atoms with Gasteiger partial charge in [-0.3, -0.25) is 9.88 Å². The highest BCUT2D eigenvalue weighted by molar-refractivity contribution is 5.60. The molecule has 1 aromatic heterocycles. The molecule has 26 heavy (non-hydrogen) atoms. The molecule has 5 nitrogen and oxygen atoms in total. The van der Waals surface area contributed by atoms with Crippen LogP contribution < -0.4 is 5.32 Å². The topological polar surface area (TPSA) is 55.2 Å². The first kappa shape index (κ1) is 18.4. The molecule has 1 saturated heterocycles. The minimum Gasteiger partial charge on any atom is -0.380 e. The molecular formula is C21H27N5. The number of anilines is 1. The number of aryl methyl sites for hydroxylation is 2. The van der Waals surface area contributed by atoms with Gasteiger partial charge in [-0.15, -0.1) is 0 Å². The Hall–Kier alpha value is -2.42. The van der Waals surface area contributed by atoms with Crippen molar-refractivity contribution < 1.29 is 0 Å². The van der Waals surface area contributed by atoms with Gasteiger partial charge in [0.25, 0.3) is 0 Å². The highest BCUT2D eigenvalue weighted by atomic mass is 15.2. The van der Waals surface area contributed by atoms with Crippen molar-refractivity contribution in [2.75, 3.05) is 38.5 Å². The second-order valence-corrected chi connectivity index (χ2v) is 7.13. The van der Waals surface area contributed by atoms with Crippen LogP contribution in [-0.4, -0.2) is 48.0 Å². The summed E-state index contributed by atoms with van der Waals surface area (Å²) >= 11 is 0. The quantitative estimate of drug-likeness (QED) is 0.899. The molecule has 5 heteroatoms. The lowest BCUT2D eigenvalue weighted by Crippen LogP contribution is -2.43. The number of aromatic nitrogens is 1. The van der Waals surface area contributed by atoms with Crippen molar-refractivity contribution in [1.29, 1.82) is 5.26 Å². The zero-order valence-electron chi connectivity index (χ0n) is 15.9. The van der Waals surface area contributed by atoms with Crippen LogP contribution in [0, 0.1) is 25.2 Å². The van der Waals surface area contributed by atoms with Crippen LogP contribution in [0.4, 0.5) is 5.69 Å². The molecule has 1 fully saturated rings. The smallest absolute Gasteiger partial charge is 0.103 e. The number of likely N-dealkylation sites (N-methyl/N-ethyl adjacent to an activating group) is 1. The minimum absolute atomic E-state index is 0.627. The third-order valence-electron chi connectivity index (χ3n) is 4.95. The first-order valence-electron chi connectivity index (χ1n) is 9.16. The second-order valence-electron chi connectivity index (χ2n) is 7.13. The summed E-state index contributed by atoms with van der Waals surface area (Å²) in [6.45, 7) is 10.1. The van der Waals surface area contributed by atoms with Gasteiger partial charge in [0.1, 0.15) is 6.07 Å². The normalized spacial score (nSPS) is 15.6. The highest BCUT2D eigenvalue weighted by Gasteiger charge is 2.13. The fourth-order valence-corrected chi connectivity index (χ4v) is 3.33. The van der Waals surface area contributed by atoms with Crippen LogP contribution >= 0.6 is 0 Å². The molecule has 136 valence electrons. The lowest BCUT2D eigenvalue weighted by atomic mass is 10.1. The minimum atomic E-state index is 0.627. The van der Waals surface area contributed by atoms with E-state index in [1.165, 1.54) is 11.1 Å². The standard InChI is InChI=1S/C21H27N5/c1-16-12-21(20(13-22)17(2)24-16)23-14-18-4-6-19(7-5-18)15-26-10-8-25(3)9-11-26/h4-7,12H,8-11,14-15H2,1-3H3,(H,23,24). The van der Waals surface area contributed by atoms with Crippen molar-refractivity contribution in [2.45, 2.75) is 26.9 Å². The number of hydrogen-bond acceptors (Lipinski definition) is 5. The molecule has 2 aromatic rings. The van der Waals surface area contributed by atoms with E-state index in [2.05, 4.69) is 57.5 Å². The Labute approximate surface area is 156 Å². The number of nitrogens with zero attached hydrogens (tertiary/aromatic N) is 4. The molecule has 0 saturated carbocycles. The van der Waals surface area contributed by atoms with Gasteiger partial charge in [0.2, 0.25) is 0 Å². The molecule has 0 bridgehead atoms. The molecule has 0 atom stereocenters. The summed E-state index contributed by atoms with van der Waals surface area (Å²) in [7, 11) is 2.18. The predicted octanol–water partition coefficient (Wildman–Crippen LogP) is 2.93. The van der Waals surface area contributed by atoms with Gasteiger partial charge in [0, 0.05) is 45.0 Å². The highest BCUT2D eigenvalue weighted by Crippen LogP contribution is 2.20. The Bertz CT molecular complexity index is 783. The summed E-state index contributed by atoms with van der Waals surface area (Å²) in [6.07, 6.45) is 0. The van der Waals surface area contributed by atoms with Crippen molar-refractivity contribution >= 4 is 5.69 Å². The average Bonchev–Trinajstić information content (AvgIpc) is 2.63. The van der Waals surface area contributed by atoms with Crippen LogP contribution in [0.1, 0.15) is 28.1 Å². The summed E-state index contributed by atoms with van der Waals surface area (Å²) in [5.74, 6) is 0. The lowest BCUT2D eigenvalue weighted by molar-refractivity contribution is 0.148. The molecule has 0 unspecified atom stereocenters. The van der Waals surface area contributed by atoms with Gasteiger partial charge in [-0.2, -0.15) is 5.26 Å². The summed E-state index contributed by atoms with van der Waals surface area (Å²) in [6, 6.07) is 13.0. The fourth-order valence-electron chi connectivity index (χ4n) is 3.33. The Kier molecular flexibility index (Phi) is 5.87. The van der Waals surface area contributed by atoms with Crippen LogP contribution in [-0.2, 0) is 13.1 Å². The molecule has 1 aliphatic heterocycles. The zero-order chi connectivity index (χ0) is 18.5. The summed E-state index contributed by atoms with van der Waals surface area (Å²) in [5.41, 5.74) is 5.75. The van der Waals surface area contributed by atoms with Crippen LogP contribution in [0.2, 0.25) is 0 Å². The Morgan fingerprint density at radius 1 is 1.08 bits per heavy atom. The molecular weight excluding hydrogens is 322 g/mol. The van der Waals surface area contributed by atoms with Gasteiger partial charge in [-0.25, -0.2) is 0 Å². The number of nitriles is 1. The average molecular weight is 349 g/mol. The Morgan fingerprint density at radius 2 is 1.73 bits per heavy atom. The molecule has 1 aliphatic rings. The molecule has 1 aromatic carbocycles. The number of benzene rings is 1. The third kappa shape index (κ3) is 4.60. The monoisotopic (exact) mass is 349 g/mol. The maximum absolute atomic E-state index is 9.36.